The highest BCUT2D eigenvalue weighted by Gasteiger charge is 2.17. The number of rotatable bonds is 7. The molecule has 1 unspecified atom stereocenters. The van der Waals surface area contributed by atoms with Crippen LogP contribution in [0.3, 0.4) is 0 Å². The Morgan fingerprint density at radius 1 is 0.897 bits per heavy atom. The Morgan fingerprint density at radius 3 is 2.21 bits per heavy atom. The zero-order valence-corrected chi connectivity index (χ0v) is 16.6. The maximum atomic E-state index is 12.5. The third-order valence-electron chi connectivity index (χ3n) is 4.48. The first kappa shape index (κ1) is 20.1. The van der Waals surface area contributed by atoms with E-state index in [2.05, 4.69) is 5.32 Å². The molecule has 29 heavy (non-hydrogen) atoms. The van der Waals surface area contributed by atoms with Crippen molar-refractivity contribution in [2.24, 2.45) is 0 Å². The van der Waals surface area contributed by atoms with Crippen LogP contribution in [-0.2, 0) is 0 Å². The molecule has 0 aliphatic rings. The summed E-state index contributed by atoms with van der Waals surface area (Å²) in [5, 5.41) is 2.83. The van der Waals surface area contributed by atoms with Gasteiger partial charge in [-0.2, -0.15) is 0 Å². The first-order valence-corrected chi connectivity index (χ1v) is 9.30. The van der Waals surface area contributed by atoms with Gasteiger partial charge in [-0.3, -0.25) is 9.59 Å². The minimum atomic E-state index is -0.619. The molecule has 0 heterocycles. The molecule has 0 saturated heterocycles. The number of anilines is 1. The largest absolute Gasteiger partial charge is 0.496 e. The van der Waals surface area contributed by atoms with Crippen molar-refractivity contribution in [1.29, 1.82) is 0 Å². The molecule has 0 aliphatic carbocycles. The van der Waals surface area contributed by atoms with E-state index in [0.717, 1.165) is 5.56 Å². The lowest BCUT2D eigenvalue weighted by Crippen LogP contribution is -2.23. The first-order valence-electron chi connectivity index (χ1n) is 9.30. The molecule has 3 aromatic rings. The second-order valence-corrected chi connectivity index (χ2v) is 6.67. The van der Waals surface area contributed by atoms with Gasteiger partial charge in [0.25, 0.3) is 5.91 Å². The van der Waals surface area contributed by atoms with E-state index < -0.39 is 6.10 Å². The predicted molar refractivity (Wildman–Crippen MR) is 113 cm³/mol. The zero-order valence-electron chi connectivity index (χ0n) is 16.6. The lowest BCUT2D eigenvalue weighted by Gasteiger charge is -2.14. The SMILES string of the molecule is COc1ccccc1C(=O)Nc1ccc(OC(C)C(=O)c2ccc(C)cc2)cc1. The Balaban J connectivity index is 1.63. The van der Waals surface area contributed by atoms with Crippen molar-refractivity contribution in [1.82, 2.24) is 0 Å². The molecule has 148 valence electrons. The number of benzene rings is 3. The Labute approximate surface area is 170 Å². The molecule has 0 aliphatic heterocycles. The van der Waals surface area contributed by atoms with Crippen LogP contribution < -0.4 is 14.8 Å². The van der Waals surface area contributed by atoms with Gasteiger partial charge < -0.3 is 14.8 Å². The highest BCUT2D eigenvalue weighted by molar-refractivity contribution is 6.06. The summed E-state index contributed by atoms with van der Waals surface area (Å²) < 4.78 is 11.0. The summed E-state index contributed by atoms with van der Waals surface area (Å²) in [5.41, 5.74) is 2.78. The molecule has 3 rings (SSSR count). The number of Topliss-reactive ketones (excluding diaryl/α,β-unsaturated/α-hetero) is 1. The standard InChI is InChI=1S/C24H23NO4/c1-16-8-10-18(11-9-16)23(26)17(2)29-20-14-12-19(13-15-20)25-24(27)21-6-4-5-7-22(21)28-3/h4-15,17H,1-3H3,(H,25,27). The monoisotopic (exact) mass is 389 g/mol. The smallest absolute Gasteiger partial charge is 0.259 e. The van der Waals surface area contributed by atoms with E-state index in [1.807, 2.05) is 19.1 Å². The van der Waals surface area contributed by atoms with E-state index in [1.54, 1.807) is 67.6 Å². The zero-order chi connectivity index (χ0) is 20.8. The van der Waals surface area contributed by atoms with Crippen molar-refractivity contribution in [3.8, 4) is 11.5 Å². The molecule has 1 atom stereocenters. The number of para-hydroxylation sites is 1. The van der Waals surface area contributed by atoms with Gasteiger partial charge in [0, 0.05) is 11.3 Å². The van der Waals surface area contributed by atoms with Crippen LogP contribution in [0.25, 0.3) is 0 Å². The number of hydrogen-bond donors (Lipinski definition) is 1. The number of carbonyl (C=O) groups is 2. The Kier molecular flexibility index (Phi) is 6.29. The van der Waals surface area contributed by atoms with Gasteiger partial charge in [-0.15, -0.1) is 0 Å². The van der Waals surface area contributed by atoms with Crippen LogP contribution in [0.1, 0.15) is 33.2 Å². The van der Waals surface area contributed by atoms with Gasteiger partial charge in [-0.1, -0.05) is 42.0 Å². The Bertz CT molecular complexity index is 994. The van der Waals surface area contributed by atoms with Gasteiger partial charge >= 0.3 is 0 Å². The number of amides is 1. The van der Waals surface area contributed by atoms with Crippen molar-refractivity contribution < 1.29 is 19.1 Å². The molecule has 0 saturated carbocycles. The van der Waals surface area contributed by atoms with Crippen LogP contribution in [0, 0.1) is 6.92 Å². The van der Waals surface area contributed by atoms with Gasteiger partial charge in [-0.05, 0) is 50.2 Å². The van der Waals surface area contributed by atoms with E-state index in [1.165, 1.54) is 7.11 Å². The molecule has 5 heteroatoms. The number of carbonyl (C=O) groups excluding carboxylic acids is 2. The third kappa shape index (κ3) is 5.02. The summed E-state index contributed by atoms with van der Waals surface area (Å²) >= 11 is 0. The second kappa shape index (κ2) is 9.06. The molecule has 1 N–H and O–H groups in total. The van der Waals surface area contributed by atoms with Crippen molar-refractivity contribution in [2.75, 3.05) is 12.4 Å². The average molecular weight is 389 g/mol. The van der Waals surface area contributed by atoms with Crippen LogP contribution in [-0.4, -0.2) is 24.9 Å². The minimum Gasteiger partial charge on any atom is -0.496 e. The van der Waals surface area contributed by atoms with E-state index in [9.17, 15) is 9.59 Å². The maximum Gasteiger partial charge on any atom is 0.259 e. The van der Waals surface area contributed by atoms with Crippen molar-refractivity contribution in [3.63, 3.8) is 0 Å². The summed E-state index contributed by atoms with van der Waals surface area (Å²) in [6.07, 6.45) is -0.619. The normalized spacial score (nSPS) is 11.4. The van der Waals surface area contributed by atoms with Gasteiger partial charge in [0.1, 0.15) is 11.5 Å². The van der Waals surface area contributed by atoms with E-state index in [-0.39, 0.29) is 11.7 Å². The van der Waals surface area contributed by atoms with Crippen LogP contribution in [0.2, 0.25) is 0 Å². The molecule has 5 nitrogen and oxygen atoms in total. The van der Waals surface area contributed by atoms with Crippen molar-refractivity contribution in [3.05, 3.63) is 89.5 Å². The fourth-order valence-corrected chi connectivity index (χ4v) is 2.86. The van der Waals surface area contributed by atoms with Crippen LogP contribution in [0.4, 0.5) is 5.69 Å². The fourth-order valence-electron chi connectivity index (χ4n) is 2.86. The number of methoxy groups -OCH3 is 1. The van der Waals surface area contributed by atoms with Gasteiger partial charge in [0.05, 0.1) is 12.7 Å². The minimum absolute atomic E-state index is 0.0847. The molecule has 0 aromatic heterocycles. The second-order valence-electron chi connectivity index (χ2n) is 6.67. The first-order chi connectivity index (χ1) is 14.0. The molecule has 3 aromatic carbocycles. The van der Waals surface area contributed by atoms with Crippen LogP contribution in [0.5, 0.6) is 11.5 Å². The van der Waals surface area contributed by atoms with Crippen molar-refractivity contribution >= 4 is 17.4 Å². The molecule has 1 amide bonds. The molecule has 0 radical (unpaired) electrons. The maximum absolute atomic E-state index is 12.5. The summed E-state index contributed by atoms with van der Waals surface area (Å²) in [7, 11) is 1.53. The number of aryl methyl sites for hydroxylation is 1. The summed E-state index contributed by atoms with van der Waals surface area (Å²) in [4.78, 5) is 25.0. The van der Waals surface area contributed by atoms with Gasteiger partial charge in [0.15, 0.2) is 6.10 Å². The predicted octanol–water partition coefficient (Wildman–Crippen LogP) is 4.91. The van der Waals surface area contributed by atoms with Crippen LogP contribution in [0.15, 0.2) is 72.8 Å². The van der Waals surface area contributed by atoms with Gasteiger partial charge in [-0.25, -0.2) is 0 Å². The third-order valence-corrected chi connectivity index (χ3v) is 4.48. The number of hydrogen-bond acceptors (Lipinski definition) is 4. The molecular formula is C24H23NO4. The molecule has 0 bridgehead atoms. The number of ether oxygens (including phenoxy) is 2. The van der Waals surface area contributed by atoms with Gasteiger partial charge in [0.2, 0.25) is 5.78 Å². The highest BCUT2D eigenvalue weighted by atomic mass is 16.5. The summed E-state index contributed by atoms with van der Waals surface area (Å²) in [6, 6.07) is 21.3. The van der Waals surface area contributed by atoms with Crippen molar-refractivity contribution in [2.45, 2.75) is 20.0 Å². The van der Waals surface area contributed by atoms with Crippen LogP contribution >= 0.6 is 0 Å². The molecular weight excluding hydrogens is 366 g/mol. The fraction of sp³-hybridized carbons (Fsp3) is 0.167. The summed E-state index contributed by atoms with van der Waals surface area (Å²) in [5.74, 6) is 0.708. The Hall–Kier alpha value is -3.60. The lowest BCUT2D eigenvalue weighted by molar-refractivity contribution is 0.0818. The highest BCUT2D eigenvalue weighted by Crippen LogP contribution is 2.21. The van der Waals surface area contributed by atoms with E-state index in [0.29, 0.717) is 28.3 Å². The molecule has 0 spiro atoms. The lowest BCUT2D eigenvalue weighted by atomic mass is 10.1. The number of nitrogens with one attached hydrogen (secondary N) is 1. The van der Waals surface area contributed by atoms with E-state index >= 15 is 0 Å². The quantitative estimate of drug-likeness (QED) is 0.584. The number of ketones is 1. The van der Waals surface area contributed by atoms with E-state index in [4.69, 9.17) is 9.47 Å². The molecule has 0 fully saturated rings. The topological polar surface area (TPSA) is 64.6 Å². The summed E-state index contributed by atoms with van der Waals surface area (Å²) in [6.45, 7) is 3.70. The average Bonchev–Trinajstić information content (AvgIpc) is 2.75. The Morgan fingerprint density at radius 2 is 1.55 bits per heavy atom.